The van der Waals surface area contributed by atoms with Crippen LogP contribution >= 0.6 is 8.73 Å². The average Bonchev–Trinajstić information content (AvgIpc) is 2.16. The standard InChI is InChI=1S/C11H26NP/c1-4-6-8-10-12(13-3)11-9-7-5-2/h13H,4-11H2,1-3H3. The lowest BCUT2D eigenvalue weighted by molar-refractivity contribution is 0.428. The Morgan fingerprint density at radius 1 is 0.846 bits per heavy atom. The topological polar surface area (TPSA) is 3.24 Å². The van der Waals surface area contributed by atoms with Crippen molar-refractivity contribution >= 4 is 8.73 Å². The monoisotopic (exact) mass is 203 g/mol. The Kier molecular flexibility index (Phi) is 10.8. The Hall–Kier alpha value is 0.390. The van der Waals surface area contributed by atoms with Crippen LogP contribution in [-0.2, 0) is 0 Å². The van der Waals surface area contributed by atoms with Crippen LogP contribution in [0.15, 0.2) is 0 Å². The van der Waals surface area contributed by atoms with Gasteiger partial charge in [-0.15, -0.1) is 0 Å². The molecule has 1 nitrogen and oxygen atoms in total. The van der Waals surface area contributed by atoms with Gasteiger partial charge in [-0.3, -0.25) is 4.67 Å². The summed E-state index contributed by atoms with van der Waals surface area (Å²) in [5.41, 5.74) is 0. The molecule has 0 saturated carbocycles. The highest BCUT2D eigenvalue weighted by molar-refractivity contribution is 7.34. The van der Waals surface area contributed by atoms with Gasteiger partial charge in [0.15, 0.2) is 0 Å². The lowest BCUT2D eigenvalue weighted by Crippen LogP contribution is -2.16. The van der Waals surface area contributed by atoms with E-state index in [0.29, 0.717) is 0 Å². The molecule has 0 heterocycles. The SMILES string of the molecule is CCCCCN(CCCCC)PC. The van der Waals surface area contributed by atoms with Gasteiger partial charge in [-0.1, -0.05) is 48.3 Å². The first-order valence-corrected chi connectivity index (χ1v) is 7.22. The van der Waals surface area contributed by atoms with Crippen LogP contribution in [0.3, 0.4) is 0 Å². The molecule has 0 rings (SSSR count). The van der Waals surface area contributed by atoms with E-state index < -0.39 is 0 Å². The van der Waals surface area contributed by atoms with Crippen molar-refractivity contribution in [3.8, 4) is 0 Å². The van der Waals surface area contributed by atoms with E-state index in [1.165, 1.54) is 51.6 Å². The van der Waals surface area contributed by atoms with Gasteiger partial charge >= 0.3 is 0 Å². The van der Waals surface area contributed by atoms with Crippen molar-refractivity contribution in [1.29, 1.82) is 0 Å². The maximum absolute atomic E-state index is 2.62. The largest absolute Gasteiger partial charge is 0.285 e. The predicted octanol–water partition coefficient (Wildman–Crippen LogP) is 3.89. The van der Waals surface area contributed by atoms with Gasteiger partial charge in [0.2, 0.25) is 0 Å². The molecule has 0 aromatic rings. The molecule has 0 aromatic carbocycles. The summed E-state index contributed by atoms with van der Waals surface area (Å²) in [6, 6.07) is 0. The summed E-state index contributed by atoms with van der Waals surface area (Å²) in [5.74, 6) is 0. The smallest absolute Gasteiger partial charge is 0.00185 e. The maximum Gasteiger partial charge on any atom is 0.00185 e. The molecule has 0 saturated heterocycles. The van der Waals surface area contributed by atoms with Gasteiger partial charge in [0.25, 0.3) is 0 Å². The van der Waals surface area contributed by atoms with Crippen LogP contribution in [0.1, 0.15) is 52.4 Å². The zero-order valence-electron chi connectivity index (χ0n) is 9.60. The summed E-state index contributed by atoms with van der Waals surface area (Å²) in [4.78, 5) is 0. The maximum atomic E-state index is 2.62. The highest BCUT2D eigenvalue weighted by Gasteiger charge is 2.00. The highest BCUT2D eigenvalue weighted by atomic mass is 31.1. The van der Waals surface area contributed by atoms with Crippen LogP contribution in [0.25, 0.3) is 0 Å². The Morgan fingerprint density at radius 2 is 1.31 bits per heavy atom. The first kappa shape index (κ1) is 13.4. The predicted molar refractivity (Wildman–Crippen MR) is 64.9 cm³/mol. The van der Waals surface area contributed by atoms with Gasteiger partial charge in [-0.2, -0.15) is 0 Å². The van der Waals surface area contributed by atoms with E-state index in [1.54, 1.807) is 0 Å². The fourth-order valence-corrected chi connectivity index (χ4v) is 2.20. The minimum Gasteiger partial charge on any atom is -0.285 e. The first-order chi connectivity index (χ1) is 6.35. The van der Waals surface area contributed by atoms with E-state index >= 15 is 0 Å². The van der Waals surface area contributed by atoms with Crippen LogP contribution in [0, 0.1) is 0 Å². The van der Waals surface area contributed by atoms with Gasteiger partial charge in [0, 0.05) is 13.1 Å². The van der Waals surface area contributed by atoms with Crippen LogP contribution in [0.4, 0.5) is 0 Å². The third-order valence-corrected chi connectivity index (χ3v) is 3.46. The molecule has 0 bridgehead atoms. The summed E-state index contributed by atoms with van der Waals surface area (Å²) in [7, 11) is 1.00. The summed E-state index contributed by atoms with van der Waals surface area (Å²) in [5, 5.41) is 0. The van der Waals surface area contributed by atoms with E-state index in [-0.39, 0.29) is 0 Å². The van der Waals surface area contributed by atoms with Crippen molar-refractivity contribution in [3.05, 3.63) is 0 Å². The van der Waals surface area contributed by atoms with Crippen LogP contribution in [0.5, 0.6) is 0 Å². The van der Waals surface area contributed by atoms with Crippen LogP contribution in [-0.4, -0.2) is 24.4 Å². The van der Waals surface area contributed by atoms with Gasteiger partial charge in [-0.25, -0.2) is 0 Å². The zero-order chi connectivity index (χ0) is 9.94. The number of nitrogens with zero attached hydrogens (tertiary/aromatic N) is 1. The Labute approximate surface area is 86.1 Å². The first-order valence-electron chi connectivity index (χ1n) is 5.77. The summed E-state index contributed by atoms with van der Waals surface area (Å²) < 4.78 is 2.62. The van der Waals surface area contributed by atoms with E-state index in [1.807, 2.05) is 0 Å². The summed E-state index contributed by atoms with van der Waals surface area (Å²) >= 11 is 0. The lowest BCUT2D eigenvalue weighted by atomic mass is 10.2. The fraction of sp³-hybridized carbons (Fsp3) is 1.00. The second-order valence-electron chi connectivity index (χ2n) is 3.62. The molecule has 0 amide bonds. The number of hydrogen-bond donors (Lipinski definition) is 0. The van der Waals surface area contributed by atoms with Crippen molar-refractivity contribution in [2.24, 2.45) is 0 Å². The molecule has 1 atom stereocenters. The molecule has 1 unspecified atom stereocenters. The fourth-order valence-electron chi connectivity index (χ4n) is 1.44. The molecule has 0 aliphatic heterocycles. The minimum atomic E-state index is 1.00. The van der Waals surface area contributed by atoms with Crippen LogP contribution in [0.2, 0.25) is 0 Å². The Balaban J connectivity index is 3.28. The molecule has 80 valence electrons. The van der Waals surface area contributed by atoms with Gasteiger partial charge in [-0.05, 0) is 19.5 Å². The van der Waals surface area contributed by atoms with Crippen molar-refractivity contribution in [2.45, 2.75) is 52.4 Å². The Morgan fingerprint density at radius 3 is 1.62 bits per heavy atom. The normalized spacial score (nSPS) is 12.0. The molecule has 0 aromatic heterocycles. The van der Waals surface area contributed by atoms with Crippen molar-refractivity contribution in [2.75, 3.05) is 19.8 Å². The third-order valence-electron chi connectivity index (χ3n) is 2.38. The molecule has 0 fully saturated rings. The van der Waals surface area contributed by atoms with Gasteiger partial charge in [0.1, 0.15) is 0 Å². The third kappa shape index (κ3) is 8.71. The molecule has 0 aliphatic carbocycles. The molecule has 0 N–H and O–H groups in total. The zero-order valence-corrected chi connectivity index (χ0v) is 10.6. The number of rotatable bonds is 9. The van der Waals surface area contributed by atoms with Gasteiger partial charge < -0.3 is 0 Å². The summed E-state index contributed by atoms with van der Waals surface area (Å²) in [6.07, 6.45) is 8.27. The van der Waals surface area contributed by atoms with E-state index in [0.717, 1.165) is 8.73 Å². The second kappa shape index (κ2) is 10.5. The van der Waals surface area contributed by atoms with E-state index in [4.69, 9.17) is 0 Å². The minimum absolute atomic E-state index is 1.00. The van der Waals surface area contributed by atoms with E-state index in [9.17, 15) is 0 Å². The molecule has 0 spiro atoms. The summed E-state index contributed by atoms with van der Waals surface area (Å²) in [6.45, 7) is 9.50. The molecule has 0 radical (unpaired) electrons. The molecule has 2 heteroatoms. The molecular weight excluding hydrogens is 177 g/mol. The number of hydrogen-bond acceptors (Lipinski definition) is 1. The lowest BCUT2D eigenvalue weighted by Gasteiger charge is -2.19. The Bertz CT molecular complexity index is 86.1. The van der Waals surface area contributed by atoms with E-state index in [2.05, 4.69) is 25.2 Å². The van der Waals surface area contributed by atoms with Crippen molar-refractivity contribution < 1.29 is 0 Å². The molecular formula is C11H26NP. The van der Waals surface area contributed by atoms with Crippen molar-refractivity contribution in [1.82, 2.24) is 4.67 Å². The average molecular weight is 203 g/mol. The molecule has 0 aliphatic rings. The van der Waals surface area contributed by atoms with Gasteiger partial charge in [0.05, 0.1) is 0 Å². The van der Waals surface area contributed by atoms with Crippen LogP contribution < -0.4 is 0 Å². The molecule has 13 heavy (non-hydrogen) atoms. The van der Waals surface area contributed by atoms with Crippen molar-refractivity contribution in [3.63, 3.8) is 0 Å². The second-order valence-corrected chi connectivity index (χ2v) is 4.70. The quantitative estimate of drug-likeness (QED) is 0.406. The number of unbranched alkanes of at least 4 members (excludes halogenated alkanes) is 4. The highest BCUT2D eigenvalue weighted by Crippen LogP contribution is 2.15.